The number of nitrogens with zero attached hydrogens (tertiary/aromatic N) is 6. The van der Waals surface area contributed by atoms with Gasteiger partial charge in [0.05, 0.1) is 30.4 Å². The number of nitrogens with one attached hydrogen (secondary N) is 1. The number of aryl methyl sites for hydroxylation is 2. The highest BCUT2D eigenvalue weighted by molar-refractivity contribution is 5.96. The lowest BCUT2D eigenvalue weighted by molar-refractivity contribution is -0.108. The summed E-state index contributed by atoms with van der Waals surface area (Å²) in [5.41, 5.74) is 2.32. The molecule has 3 aromatic rings. The van der Waals surface area contributed by atoms with Crippen LogP contribution >= 0.6 is 0 Å². The van der Waals surface area contributed by atoms with Crippen LogP contribution in [-0.2, 0) is 13.0 Å². The molecule has 1 aliphatic heterocycles. The number of hydrogen-bond acceptors (Lipinski definition) is 6. The predicted octanol–water partition coefficient (Wildman–Crippen LogP) is 4.80. The van der Waals surface area contributed by atoms with Crippen molar-refractivity contribution in [3.8, 4) is 5.75 Å². The van der Waals surface area contributed by atoms with Crippen molar-refractivity contribution in [1.29, 1.82) is 0 Å². The molecule has 0 spiro atoms. The molecule has 1 aromatic heterocycles. The molecular formula is C36H50FN7O2. The molecule has 2 aromatic carbocycles. The molecular weight excluding hydrogens is 581 g/mol. The molecule has 248 valence electrons. The van der Waals surface area contributed by atoms with E-state index in [1.165, 1.54) is 19.6 Å². The molecule has 3 aliphatic carbocycles. The van der Waals surface area contributed by atoms with E-state index in [4.69, 9.17) is 9.73 Å². The SMILES string of the molecule is COc1ccc(CCn2cnc3cc(NC(=NC4C[C@H]5C[C@H]([C@H]4C)C5(C)C)N4CCN(CCN(C)C)CC4)ccc3c2=O)c(F)c1. The van der Waals surface area contributed by atoms with Crippen LogP contribution in [0.3, 0.4) is 0 Å². The van der Waals surface area contributed by atoms with Crippen molar-refractivity contribution in [1.82, 2.24) is 24.3 Å². The van der Waals surface area contributed by atoms with Gasteiger partial charge in [0, 0.05) is 57.6 Å². The summed E-state index contributed by atoms with van der Waals surface area (Å²) in [6.45, 7) is 13.6. The largest absolute Gasteiger partial charge is 0.497 e. The van der Waals surface area contributed by atoms with Crippen LogP contribution in [-0.4, -0.2) is 96.7 Å². The van der Waals surface area contributed by atoms with Gasteiger partial charge in [0.25, 0.3) is 5.56 Å². The van der Waals surface area contributed by atoms with Crippen LogP contribution in [0.1, 0.15) is 39.2 Å². The number of aliphatic imine (C=N–C) groups is 1. The Bertz CT molecular complexity index is 1630. The van der Waals surface area contributed by atoms with Crippen molar-refractivity contribution in [2.24, 2.45) is 28.2 Å². The molecule has 1 N–H and O–H groups in total. The van der Waals surface area contributed by atoms with Gasteiger partial charge in [-0.25, -0.2) is 14.4 Å². The fourth-order valence-corrected chi connectivity index (χ4v) is 7.79. The molecule has 4 fully saturated rings. The van der Waals surface area contributed by atoms with Gasteiger partial charge in [0.2, 0.25) is 0 Å². The van der Waals surface area contributed by atoms with Crippen molar-refractivity contribution >= 4 is 22.5 Å². The molecule has 4 aliphatic rings. The van der Waals surface area contributed by atoms with Gasteiger partial charge < -0.3 is 19.9 Å². The Hall–Kier alpha value is -3.50. The number of aromatic nitrogens is 2. The van der Waals surface area contributed by atoms with Crippen LogP contribution in [0.25, 0.3) is 10.9 Å². The summed E-state index contributed by atoms with van der Waals surface area (Å²) < 4.78 is 21.1. The van der Waals surface area contributed by atoms with E-state index in [1.807, 2.05) is 18.2 Å². The maximum absolute atomic E-state index is 14.5. The number of hydrogen-bond donors (Lipinski definition) is 1. The van der Waals surface area contributed by atoms with Gasteiger partial charge >= 0.3 is 0 Å². The summed E-state index contributed by atoms with van der Waals surface area (Å²) in [5.74, 6) is 3.06. The highest BCUT2D eigenvalue weighted by Crippen LogP contribution is 2.61. The Morgan fingerprint density at radius 2 is 1.89 bits per heavy atom. The Kier molecular flexibility index (Phi) is 9.39. The third-order valence-corrected chi connectivity index (χ3v) is 11.1. The summed E-state index contributed by atoms with van der Waals surface area (Å²) in [7, 11) is 5.76. The van der Waals surface area contributed by atoms with Crippen molar-refractivity contribution < 1.29 is 9.13 Å². The summed E-state index contributed by atoms with van der Waals surface area (Å²) in [6, 6.07) is 10.8. The number of benzene rings is 2. The fraction of sp³-hybridized carbons (Fsp3) is 0.583. The Morgan fingerprint density at radius 3 is 2.57 bits per heavy atom. The van der Waals surface area contributed by atoms with E-state index in [1.54, 1.807) is 23.0 Å². The number of piperazine rings is 1. The summed E-state index contributed by atoms with van der Waals surface area (Å²) in [5, 5.41) is 4.21. The quantitative estimate of drug-likeness (QED) is 0.269. The molecule has 4 atom stereocenters. The van der Waals surface area contributed by atoms with Crippen LogP contribution in [0, 0.1) is 29.0 Å². The molecule has 2 bridgehead atoms. The van der Waals surface area contributed by atoms with E-state index in [-0.39, 0.29) is 11.4 Å². The van der Waals surface area contributed by atoms with Crippen LogP contribution in [0.2, 0.25) is 0 Å². The van der Waals surface area contributed by atoms with E-state index in [0.717, 1.165) is 69.2 Å². The second-order valence-corrected chi connectivity index (χ2v) is 14.4. The third-order valence-electron chi connectivity index (χ3n) is 11.1. The van der Waals surface area contributed by atoms with Crippen LogP contribution in [0.5, 0.6) is 5.75 Å². The van der Waals surface area contributed by atoms with E-state index in [9.17, 15) is 9.18 Å². The molecule has 10 heteroatoms. The first kappa shape index (κ1) is 32.4. The van der Waals surface area contributed by atoms with Crippen molar-refractivity contribution in [3.05, 3.63) is 64.5 Å². The zero-order valence-corrected chi connectivity index (χ0v) is 28.3. The van der Waals surface area contributed by atoms with E-state index in [0.29, 0.717) is 52.6 Å². The lowest BCUT2D eigenvalue weighted by atomic mass is 9.45. The third kappa shape index (κ3) is 6.65. The smallest absolute Gasteiger partial charge is 0.261 e. The first-order chi connectivity index (χ1) is 22.0. The number of fused-ring (bicyclic) bond motifs is 3. The number of ether oxygens (including phenoxy) is 1. The second-order valence-electron chi connectivity index (χ2n) is 14.4. The maximum Gasteiger partial charge on any atom is 0.261 e. The minimum Gasteiger partial charge on any atom is -0.497 e. The van der Waals surface area contributed by atoms with Crippen molar-refractivity contribution in [2.45, 2.75) is 52.6 Å². The Balaban J connectivity index is 1.20. The van der Waals surface area contributed by atoms with E-state index >= 15 is 0 Å². The predicted molar refractivity (Wildman–Crippen MR) is 183 cm³/mol. The average molecular weight is 632 g/mol. The molecule has 2 heterocycles. The first-order valence-corrected chi connectivity index (χ1v) is 16.8. The average Bonchev–Trinajstić information content (AvgIpc) is 3.04. The fourth-order valence-electron chi connectivity index (χ4n) is 7.79. The summed E-state index contributed by atoms with van der Waals surface area (Å²) in [6.07, 6.45) is 4.41. The molecule has 9 nitrogen and oxygen atoms in total. The number of rotatable bonds is 9. The number of methoxy groups -OCH3 is 1. The number of halogens is 1. The molecule has 0 radical (unpaired) electrons. The number of guanidine groups is 1. The van der Waals surface area contributed by atoms with Gasteiger partial charge in [-0.1, -0.05) is 26.8 Å². The zero-order chi connectivity index (χ0) is 32.6. The monoisotopic (exact) mass is 631 g/mol. The van der Waals surface area contributed by atoms with Gasteiger partial charge in [0.1, 0.15) is 11.6 Å². The summed E-state index contributed by atoms with van der Waals surface area (Å²) in [4.78, 5) is 30.6. The maximum atomic E-state index is 14.5. The van der Waals surface area contributed by atoms with E-state index < -0.39 is 0 Å². The van der Waals surface area contributed by atoms with Gasteiger partial charge in [-0.15, -0.1) is 0 Å². The van der Waals surface area contributed by atoms with Gasteiger partial charge in [-0.2, -0.15) is 0 Å². The van der Waals surface area contributed by atoms with Crippen LogP contribution in [0.15, 0.2) is 52.5 Å². The lowest BCUT2D eigenvalue weighted by Crippen LogP contribution is -2.57. The second kappa shape index (κ2) is 13.3. The summed E-state index contributed by atoms with van der Waals surface area (Å²) >= 11 is 0. The topological polar surface area (TPSA) is 78.2 Å². The van der Waals surface area contributed by atoms with Crippen LogP contribution < -0.4 is 15.6 Å². The highest BCUT2D eigenvalue weighted by Gasteiger charge is 2.56. The number of anilines is 1. The zero-order valence-electron chi connectivity index (χ0n) is 28.3. The number of likely N-dealkylation sites (N-methyl/N-ethyl adjacent to an activating group) is 1. The Morgan fingerprint density at radius 1 is 1.11 bits per heavy atom. The van der Waals surface area contributed by atoms with Crippen molar-refractivity contribution in [2.75, 3.05) is 65.8 Å². The Labute approximate surface area is 272 Å². The van der Waals surface area contributed by atoms with Gasteiger partial charge in [0.15, 0.2) is 5.96 Å². The van der Waals surface area contributed by atoms with Crippen molar-refractivity contribution in [3.63, 3.8) is 0 Å². The molecule has 1 saturated heterocycles. The molecule has 1 unspecified atom stereocenters. The minimum atomic E-state index is -0.340. The highest BCUT2D eigenvalue weighted by atomic mass is 19.1. The first-order valence-electron chi connectivity index (χ1n) is 16.8. The van der Waals surface area contributed by atoms with Gasteiger partial charge in [-0.05, 0) is 86.4 Å². The molecule has 3 saturated carbocycles. The van der Waals surface area contributed by atoms with Gasteiger partial charge in [-0.3, -0.25) is 14.3 Å². The normalized spacial score (nSPS) is 24.7. The van der Waals surface area contributed by atoms with E-state index in [2.05, 4.69) is 59.9 Å². The lowest BCUT2D eigenvalue weighted by Gasteiger charge is -2.61. The standard InChI is InChI=1S/C36H50FN7O2/c1-24-30-19-26(36(30,2)3)20-32(24)40-35(43-17-15-42(16-18-43)14-13-41(4)5)39-27-8-10-29-33(21-27)38-23-44(34(29)45)12-11-25-7-9-28(46-6)22-31(25)37/h7-10,21-24,26,30,32H,11-20H2,1-6H3,(H,39,40)/t24-,26-,30-,32?/m1/s1. The van der Waals surface area contributed by atoms with Crippen LogP contribution in [0.4, 0.5) is 10.1 Å². The molecule has 7 rings (SSSR count). The molecule has 0 amide bonds. The molecule has 46 heavy (non-hydrogen) atoms. The minimum absolute atomic E-state index is 0.133.